The number of pyridine rings is 1. The van der Waals surface area contributed by atoms with Gasteiger partial charge in [-0.05, 0) is 37.1 Å². The lowest BCUT2D eigenvalue weighted by atomic mass is 10.1. The zero-order valence-corrected chi connectivity index (χ0v) is 22.1. The summed E-state index contributed by atoms with van der Waals surface area (Å²) in [7, 11) is 5.16. The number of hydrogen-bond donors (Lipinski definition) is 0. The number of ether oxygens (including phenoxy) is 3. The Hall–Kier alpha value is -4.56. The number of imidazole rings is 1. The van der Waals surface area contributed by atoms with Gasteiger partial charge in [0.25, 0.3) is 0 Å². The van der Waals surface area contributed by atoms with Crippen molar-refractivity contribution in [1.82, 2.24) is 24.1 Å². The normalized spacial score (nSPS) is 19.6. The van der Waals surface area contributed by atoms with E-state index in [9.17, 15) is 10.1 Å². The van der Waals surface area contributed by atoms with Crippen molar-refractivity contribution in [2.24, 2.45) is 4.99 Å². The van der Waals surface area contributed by atoms with Crippen molar-refractivity contribution in [2.45, 2.75) is 31.6 Å². The number of nitrogens with zero attached hydrogens (tertiary/aromatic N) is 7. The molecule has 0 radical (unpaired) electrons. The van der Waals surface area contributed by atoms with Crippen LogP contribution < -0.4 is 9.47 Å². The predicted octanol–water partition coefficient (Wildman–Crippen LogP) is 3.20. The fraction of sp³-hybridized carbons (Fsp3) is 0.357. The average Bonchev–Trinajstić information content (AvgIpc) is 3.52. The SMILES string of the molecule is COc1ccc(CN2C(=O)N(C3CCOCC3)C3C2=CN=C(c2cnc4ccc(C#N)cn24)N3C)c(OC)c1. The van der Waals surface area contributed by atoms with E-state index in [0.717, 1.165) is 29.8 Å². The van der Waals surface area contributed by atoms with Crippen LogP contribution in [0, 0.1) is 11.3 Å². The van der Waals surface area contributed by atoms with E-state index >= 15 is 0 Å². The lowest BCUT2D eigenvalue weighted by molar-refractivity contribution is 0.0298. The van der Waals surface area contributed by atoms with Gasteiger partial charge in [0.2, 0.25) is 0 Å². The van der Waals surface area contributed by atoms with Crippen LogP contribution in [0.5, 0.6) is 11.5 Å². The van der Waals surface area contributed by atoms with Gasteiger partial charge in [0.1, 0.15) is 28.9 Å². The molecule has 5 heterocycles. The van der Waals surface area contributed by atoms with Crippen molar-refractivity contribution in [2.75, 3.05) is 34.5 Å². The summed E-state index contributed by atoms with van der Waals surface area (Å²) in [6, 6.07) is 11.3. The number of rotatable bonds is 6. The summed E-state index contributed by atoms with van der Waals surface area (Å²) >= 11 is 0. The van der Waals surface area contributed by atoms with Gasteiger partial charge < -0.3 is 19.1 Å². The molecule has 0 spiro atoms. The molecule has 0 N–H and O–H groups in total. The van der Waals surface area contributed by atoms with Crippen LogP contribution in [0.3, 0.4) is 0 Å². The highest BCUT2D eigenvalue weighted by Gasteiger charge is 2.49. The maximum atomic E-state index is 14.1. The lowest BCUT2D eigenvalue weighted by Gasteiger charge is -2.40. The Morgan fingerprint density at radius 2 is 1.97 bits per heavy atom. The highest BCUT2D eigenvalue weighted by atomic mass is 16.5. The van der Waals surface area contributed by atoms with Crippen molar-refractivity contribution in [3.05, 3.63) is 71.4 Å². The summed E-state index contributed by atoms with van der Waals surface area (Å²) in [6.45, 7) is 1.55. The predicted molar refractivity (Wildman–Crippen MR) is 142 cm³/mol. The molecular formula is C28H29N7O4. The largest absolute Gasteiger partial charge is 0.497 e. The quantitative estimate of drug-likeness (QED) is 0.484. The number of methoxy groups -OCH3 is 2. The lowest BCUT2D eigenvalue weighted by Crippen LogP contribution is -2.53. The second kappa shape index (κ2) is 9.96. The van der Waals surface area contributed by atoms with Gasteiger partial charge in [0, 0.05) is 44.1 Å². The van der Waals surface area contributed by atoms with Crippen LogP contribution >= 0.6 is 0 Å². The fourth-order valence-corrected chi connectivity index (χ4v) is 5.58. The first-order chi connectivity index (χ1) is 19.0. The molecular weight excluding hydrogens is 498 g/mol. The minimum Gasteiger partial charge on any atom is -0.497 e. The smallest absolute Gasteiger partial charge is 0.326 e. The maximum absolute atomic E-state index is 14.1. The average molecular weight is 528 g/mol. The van der Waals surface area contributed by atoms with Crippen molar-refractivity contribution in [3.8, 4) is 17.6 Å². The Morgan fingerprint density at radius 1 is 1.15 bits per heavy atom. The van der Waals surface area contributed by atoms with E-state index in [2.05, 4.69) is 11.1 Å². The Kier molecular flexibility index (Phi) is 6.32. The van der Waals surface area contributed by atoms with E-state index < -0.39 is 0 Å². The van der Waals surface area contributed by atoms with Gasteiger partial charge >= 0.3 is 6.03 Å². The molecule has 11 heteroatoms. The minimum absolute atomic E-state index is 0.0246. The van der Waals surface area contributed by atoms with E-state index in [-0.39, 0.29) is 18.2 Å². The number of amidine groups is 1. The summed E-state index contributed by atoms with van der Waals surface area (Å²) < 4.78 is 18.4. The topological polar surface area (TPSA) is 108 Å². The second-order valence-electron chi connectivity index (χ2n) is 9.69. The molecule has 2 fully saturated rings. The van der Waals surface area contributed by atoms with Crippen LogP contribution in [0.15, 0.2) is 59.6 Å². The molecule has 1 unspecified atom stereocenters. The molecule has 2 saturated heterocycles. The molecule has 3 aromatic rings. The molecule has 0 saturated carbocycles. The number of aliphatic imine (C=N–C) groups is 1. The third-order valence-corrected chi connectivity index (χ3v) is 7.58. The number of fused-ring (bicyclic) bond motifs is 2. The van der Waals surface area contributed by atoms with Crippen molar-refractivity contribution in [1.29, 1.82) is 5.26 Å². The third-order valence-electron chi connectivity index (χ3n) is 7.58. The van der Waals surface area contributed by atoms with Gasteiger partial charge in [-0.25, -0.2) is 14.8 Å². The van der Waals surface area contributed by atoms with E-state index in [1.54, 1.807) is 43.8 Å². The fourth-order valence-electron chi connectivity index (χ4n) is 5.58. The summed E-state index contributed by atoms with van der Waals surface area (Å²) in [5.41, 5.74) is 3.64. The molecule has 0 bridgehead atoms. The van der Waals surface area contributed by atoms with Gasteiger partial charge in [-0.3, -0.25) is 14.2 Å². The number of carbonyl (C=O) groups is 1. The van der Waals surface area contributed by atoms with Crippen molar-refractivity contribution < 1.29 is 19.0 Å². The van der Waals surface area contributed by atoms with Gasteiger partial charge in [0.15, 0.2) is 12.0 Å². The number of benzene rings is 1. The van der Waals surface area contributed by atoms with Crippen molar-refractivity contribution in [3.63, 3.8) is 0 Å². The van der Waals surface area contributed by atoms with Gasteiger partial charge in [0.05, 0.1) is 44.4 Å². The minimum atomic E-state index is -0.359. The molecule has 1 atom stereocenters. The molecule has 2 aromatic heterocycles. The van der Waals surface area contributed by atoms with Crippen LogP contribution in [-0.2, 0) is 11.3 Å². The highest BCUT2D eigenvalue weighted by Crippen LogP contribution is 2.38. The van der Waals surface area contributed by atoms with Crippen LogP contribution in [0.25, 0.3) is 5.65 Å². The number of aromatic nitrogens is 2. The molecule has 0 aliphatic carbocycles. The Bertz CT molecular complexity index is 1530. The summed E-state index contributed by atoms with van der Waals surface area (Å²) in [6.07, 6.45) is 6.45. The highest BCUT2D eigenvalue weighted by molar-refractivity contribution is 6.00. The molecule has 39 heavy (non-hydrogen) atoms. The van der Waals surface area contributed by atoms with E-state index in [1.165, 1.54) is 0 Å². The van der Waals surface area contributed by atoms with Gasteiger partial charge in [-0.1, -0.05) is 0 Å². The summed E-state index contributed by atoms with van der Waals surface area (Å²) in [4.78, 5) is 29.2. The number of urea groups is 1. The molecule has 200 valence electrons. The molecule has 3 aliphatic heterocycles. The number of hydrogen-bond acceptors (Lipinski definition) is 8. The second-order valence-corrected chi connectivity index (χ2v) is 9.69. The van der Waals surface area contributed by atoms with Crippen LogP contribution in [0.1, 0.15) is 29.7 Å². The standard InChI is InChI=1S/C28H29N7O4/c1-32-26(22-14-30-25-7-4-18(13-29)16-33(22)25)31-15-23-27(32)35(20-8-10-39-11-9-20)28(36)34(23)17-19-5-6-21(37-2)12-24(19)38-3/h4-7,12,14-16,20,27H,8-11,17H2,1-3H3. The van der Waals surface area contributed by atoms with Crippen molar-refractivity contribution >= 4 is 17.5 Å². The number of carbonyl (C=O) groups excluding carboxylic acids is 1. The number of nitriles is 1. The van der Waals surface area contributed by atoms with E-state index in [4.69, 9.17) is 19.2 Å². The zero-order chi connectivity index (χ0) is 27.1. The van der Waals surface area contributed by atoms with Crippen LogP contribution in [0.2, 0.25) is 0 Å². The Morgan fingerprint density at radius 3 is 2.72 bits per heavy atom. The molecule has 1 aromatic carbocycles. The zero-order valence-electron chi connectivity index (χ0n) is 22.1. The number of amides is 2. The Balaban J connectivity index is 1.42. The van der Waals surface area contributed by atoms with Gasteiger partial charge in [-0.2, -0.15) is 5.26 Å². The third kappa shape index (κ3) is 4.13. The molecule has 2 amide bonds. The maximum Gasteiger partial charge on any atom is 0.326 e. The van der Waals surface area contributed by atoms with Crippen LogP contribution in [0.4, 0.5) is 4.79 Å². The first-order valence-electron chi connectivity index (χ1n) is 12.8. The first kappa shape index (κ1) is 24.8. The molecule has 11 nitrogen and oxygen atoms in total. The van der Waals surface area contributed by atoms with Gasteiger partial charge in [-0.15, -0.1) is 0 Å². The first-order valence-corrected chi connectivity index (χ1v) is 12.8. The van der Waals surface area contributed by atoms with E-state index in [0.29, 0.717) is 48.3 Å². The summed E-state index contributed by atoms with van der Waals surface area (Å²) in [5, 5.41) is 9.43. The van der Waals surface area contributed by atoms with Crippen LogP contribution in [-0.4, -0.2) is 82.6 Å². The molecule has 3 aliphatic rings. The monoisotopic (exact) mass is 527 g/mol. The molecule has 6 rings (SSSR count). The Labute approximate surface area is 226 Å². The summed E-state index contributed by atoms with van der Waals surface area (Å²) in [5.74, 6) is 2.00. The number of likely N-dealkylation sites (N-methyl/N-ethyl adjacent to an activating group) is 1. The van der Waals surface area contributed by atoms with E-state index in [1.807, 2.05) is 45.5 Å².